The molecule has 0 aliphatic rings. The molecule has 2 rings (SSSR count). The Bertz CT molecular complexity index is 825. The quantitative estimate of drug-likeness (QED) is 0.150. The maximum Gasteiger partial charge on any atom is 0.242 e. The Balaban J connectivity index is 0.000000330. The van der Waals surface area contributed by atoms with Crippen molar-refractivity contribution >= 4 is 53.5 Å². The largest absolute Gasteiger partial charge is 0.544 e. The van der Waals surface area contributed by atoms with E-state index in [1.807, 2.05) is 22.6 Å². The predicted octanol–water partition coefficient (Wildman–Crippen LogP) is 8.98. The van der Waals surface area contributed by atoms with Crippen molar-refractivity contribution in [3.8, 4) is 17.2 Å². The smallest absolute Gasteiger partial charge is 0.242 e. The average Bonchev–Trinajstić information content (AvgIpc) is 2.69. The van der Waals surface area contributed by atoms with Gasteiger partial charge in [-0.25, -0.2) is 0 Å². The summed E-state index contributed by atoms with van der Waals surface area (Å²) < 4.78 is 7.99. The van der Waals surface area contributed by atoms with E-state index >= 15 is 0 Å². The molecule has 0 spiro atoms. The van der Waals surface area contributed by atoms with Crippen LogP contribution in [-0.2, 0) is 12.8 Å². The molecule has 0 heterocycles. The molecule has 6 heteroatoms. The van der Waals surface area contributed by atoms with Crippen molar-refractivity contribution < 1.29 is 14.6 Å². The Hall–Kier alpha value is -0.483. The van der Waals surface area contributed by atoms with E-state index in [9.17, 15) is 10.2 Å². The molecule has 0 aliphatic heterocycles. The molecule has 2 aromatic rings. The Morgan fingerprint density at radius 2 is 1.22 bits per heavy atom. The van der Waals surface area contributed by atoms with E-state index in [-0.39, 0.29) is 11.5 Å². The normalized spacial score (nSPS) is 11.1. The highest BCUT2D eigenvalue weighted by atomic mass is 127. The number of phenols is 2. The second kappa shape index (κ2) is 14.7. The highest BCUT2D eigenvalue weighted by molar-refractivity contribution is 14.1. The minimum absolute atomic E-state index is 0.178. The number of halogens is 2. The van der Waals surface area contributed by atoms with Gasteiger partial charge in [0.1, 0.15) is 17.2 Å². The topological polar surface area (TPSA) is 49.7 Å². The van der Waals surface area contributed by atoms with Crippen LogP contribution in [0, 0.1) is 14.1 Å². The molecule has 0 radical (unpaired) electrons. The Labute approximate surface area is 223 Å². The molecule has 0 unspecified atom stereocenters. The van der Waals surface area contributed by atoms with Crippen LogP contribution in [0.4, 0.5) is 0 Å². The lowest BCUT2D eigenvalue weighted by Gasteiger charge is -2.22. The van der Waals surface area contributed by atoms with Gasteiger partial charge in [-0.3, -0.25) is 0 Å². The Kier molecular flexibility index (Phi) is 13.6. The lowest BCUT2D eigenvalue weighted by molar-refractivity contribution is 0.442. The third-order valence-corrected chi connectivity index (χ3v) is 8.25. The summed E-state index contributed by atoms with van der Waals surface area (Å²) in [5, 5.41) is 18.9. The lowest BCUT2D eigenvalue weighted by atomic mass is 10.0. The molecule has 3 nitrogen and oxygen atoms in total. The van der Waals surface area contributed by atoms with Crippen molar-refractivity contribution in [1.29, 1.82) is 0 Å². The van der Waals surface area contributed by atoms with Crippen LogP contribution in [0.15, 0.2) is 24.3 Å². The van der Waals surface area contributed by atoms with Gasteiger partial charge in [0.25, 0.3) is 0 Å². The van der Waals surface area contributed by atoms with E-state index in [0.717, 1.165) is 24.2 Å². The summed E-state index contributed by atoms with van der Waals surface area (Å²) in [6.45, 7) is 13.3. The Morgan fingerprint density at radius 3 is 1.66 bits per heavy atom. The zero-order valence-electron chi connectivity index (χ0n) is 20.5. The second-order valence-corrected chi connectivity index (χ2v) is 15.9. The first-order valence-electron chi connectivity index (χ1n) is 11.7. The molecule has 0 aliphatic carbocycles. The molecule has 0 bridgehead atoms. The van der Waals surface area contributed by atoms with Gasteiger partial charge in [-0.2, -0.15) is 0 Å². The van der Waals surface area contributed by atoms with Crippen molar-refractivity contribution in [3.63, 3.8) is 0 Å². The van der Waals surface area contributed by atoms with Gasteiger partial charge < -0.3 is 14.6 Å². The van der Waals surface area contributed by atoms with Gasteiger partial charge in [0.2, 0.25) is 8.32 Å². The zero-order chi connectivity index (χ0) is 24.3. The predicted molar refractivity (Wildman–Crippen MR) is 157 cm³/mol. The van der Waals surface area contributed by atoms with Crippen LogP contribution in [0.5, 0.6) is 17.2 Å². The van der Waals surface area contributed by atoms with E-state index < -0.39 is 8.32 Å². The average molecular weight is 682 g/mol. The molecule has 0 saturated heterocycles. The first kappa shape index (κ1) is 29.5. The molecule has 0 aromatic heterocycles. The van der Waals surface area contributed by atoms with E-state index in [1.54, 1.807) is 12.1 Å². The third-order valence-electron chi connectivity index (χ3n) is 4.93. The number of aromatic hydroxyl groups is 2. The molecule has 0 amide bonds. The second-order valence-electron chi connectivity index (χ2n) is 9.30. The number of hydrogen-bond acceptors (Lipinski definition) is 3. The summed E-state index contributed by atoms with van der Waals surface area (Å²) in [6, 6.07) is 8.03. The number of aryl methyl sites for hydroxylation is 3. The lowest BCUT2D eigenvalue weighted by Crippen LogP contribution is -2.29. The van der Waals surface area contributed by atoms with Gasteiger partial charge in [-0.05, 0) is 132 Å². The molecule has 2 aromatic carbocycles. The third kappa shape index (κ3) is 11.1. The van der Waals surface area contributed by atoms with Crippen LogP contribution in [0.25, 0.3) is 0 Å². The summed E-state index contributed by atoms with van der Waals surface area (Å²) in [4.78, 5) is 0. The number of hydrogen-bond donors (Lipinski definition) is 2. The molecule has 0 saturated carbocycles. The maximum absolute atomic E-state index is 9.47. The van der Waals surface area contributed by atoms with Gasteiger partial charge in [0.15, 0.2) is 0 Å². The highest BCUT2D eigenvalue weighted by Crippen LogP contribution is 2.31. The molecule has 2 N–H and O–H groups in total. The van der Waals surface area contributed by atoms with Gasteiger partial charge in [-0.1, -0.05) is 45.6 Å². The molecule has 0 atom stereocenters. The molecule has 0 fully saturated rings. The van der Waals surface area contributed by atoms with E-state index in [1.165, 1.54) is 53.2 Å². The first-order valence-corrected chi connectivity index (χ1v) is 17.2. The minimum Gasteiger partial charge on any atom is -0.544 e. The zero-order valence-corrected chi connectivity index (χ0v) is 25.8. The number of unbranched alkanes of at least 4 members (excludes halogenated alkanes) is 4. The molecule has 180 valence electrons. The summed E-state index contributed by atoms with van der Waals surface area (Å²) in [5.41, 5.74) is 3.78. The van der Waals surface area contributed by atoms with Crippen molar-refractivity contribution in [1.82, 2.24) is 0 Å². The molecule has 32 heavy (non-hydrogen) atoms. The monoisotopic (exact) mass is 682 g/mol. The van der Waals surface area contributed by atoms with Crippen LogP contribution in [0.3, 0.4) is 0 Å². The van der Waals surface area contributed by atoms with Gasteiger partial charge in [-0.15, -0.1) is 0 Å². The fraction of sp³-hybridized carbons (Fsp3) is 0.538. The van der Waals surface area contributed by atoms with Gasteiger partial charge >= 0.3 is 0 Å². The fourth-order valence-corrected chi connectivity index (χ4v) is 5.07. The molecular formula is C26H40I2O3Si. The maximum atomic E-state index is 9.47. The number of rotatable bonds is 10. The van der Waals surface area contributed by atoms with Crippen molar-refractivity contribution in [2.75, 3.05) is 0 Å². The van der Waals surface area contributed by atoms with E-state index in [4.69, 9.17) is 4.43 Å². The van der Waals surface area contributed by atoms with Gasteiger partial charge in [0, 0.05) is 0 Å². The van der Waals surface area contributed by atoms with Crippen LogP contribution >= 0.6 is 45.2 Å². The van der Waals surface area contributed by atoms with Crippen LogP contribution < -0.4 is 4.43 Å². The fourth-order valence-electron chi connectivity index (χ4n) is 3.31. The van der Waals surface area contributed by atoms with Crippen LogP contribution in [0.2, 0.25) is 19.6 Å². The minimum atomic E-state index is -1.52. The van der Waals surface area contributed by atoms with Crippen LogP contribution in [-0.4, -0.2) is 18.5 Å². The summed E-state index contributed by atoms with van der Waals surface area (Å²) in [5.74, 6) is 1.45. The van der Waals surface area contributed by atoms with E-state index in [0.29, 0.717) is 3.57 Å². The summed E-state index contributed by atoms with van der Waals surface area (Å²) >= 11 is 4.33. The number of benzene rings is 2. The SMILES string of the molecule is CCCCCc1cc(C)c(I)c(O[Si](C)(C)C)c1.CCCCCc1cc(O)c(I)c(O)c1. The standard InChI is InChI=1S/C15H25IOSi.C11H15IO2/c1-6-7-8-9-13-10-12(2)15(16)14(11-13)17-18(3,4)5;1-2-3-4-5-8-6-9(13)11(12)10(14)7-8/h10-11H,6-9H2,1-5H3;6-7,13-14H,2-5H2,1H3. The first-order chi connectivity index (χ1) is 15.0. The van der Waals surface area contributed by atoms with Crippen molar-refractivity contribution in [3.05, 3.63) is 48.1 Å². The number of phenolic OH excluding ortho intramolecular Hbond substituents is 2. The molecular weight excluding hydrogens is 642 g/mol. The van der Waals surface area contributed by atoms with Crippen molar-refractivity contribution in [2.45, 2.75) is 91.8 Å². The van der Waals surface area contributed by atoms with Crippen LogP contribution in [0.1, 0.15) is 69.1 Å². The van der Waals surface area contributed by atoms with Gasteiger partial charge in [0.05, 0.1) is 7.14 Å². The van der Waals surface area contributed by atoms with E-state index in [2.05, 4.69) is 75.1 Å². The highest BCUT2D eigenvalue weighted by Gasteiger charge is 2.19. The Morgan fingerprint density at radius 1 is 0.750 bits per heavy atom. The summed E-state index contributed by atoms with van der Waals surface area (Å²) in [6.07, 6.45) is 9.45. The summed E-state index contributed by atoms with van der Waals surface area (Å²) in [7, 11) is -1.52. The van der Waals surface area contributed by atoms with Crippen molar-refractivity contribution in [2.24, 2.45) is 0 Å².